The van der Waals surface area contributed by atoms with Crippen molar-refractivity contribution in [2.75, 3.05) is 13.2 Å². The Morgan fingerprint density at radius 3 is 2.38 bits per heavy atom. The molecule has 0 aliphatic heterocycles. The summed E-state index contributed by atoms with van der Waals surface area (Å²) in [6, 6.07) is 0. The Morgan fingerprint density at radius 1 is 1.15 bits per heavy atom. The van der Waals surface area contributed by atoms with Crippen molar-refractivity contribution in [3.8, 4) is 0 Å². The maximum Gasteiger partial charge on any atom is 0.0852 e. The first-order valence-electron chi connectivity index (χ1n) is 5.42. The number of hydrogen-bond acceptors (Lipinski definition) is 2. The monoisotopic (exact) mass is 188 g/mol. The molecular weight excluding hydrogens is 164 g/mol. The zero-order valence-corrected chi connectivity index (χ0v) is 9.31. The van der Waals surface area contributed by atoms with Crippen molar-refractivity contribution >= 4 is 0 Å². The molecule has 0 rings (SSSR count). The normalized spacial score (nSPS) is 15.7. The summed E-state index contributed by atoms with van der Waals surface area (Å²) in [4.78, 5) is 0. The number of unbranched alkanes of at least 4 members (excludes halogenated alkanes) is 3. The van der Waals surface area contributed by atoms with Gasteiger partial charge in [0.25, 0.3) is 0 Å². The van der Waals surface area contributed by atoms with Gasteiger partial charge in [0, 0.05) is 6.61 Å². The summed E-state index contributed by atoms with van der Waals surface area (Å²) in [6.07, 6.45) is 5.69. The van der Waals surface area contributed by atoms with Gasteiger partial charge < -0.3 is 9.84 Å². The van der Waals surface area contributed by atoms with Crippen molar-refractivity contribution in [2.24, 2.45) is 0 Å². The van der Waals surface area contributed by atoms with Crippen LogP contribution in [0.4, 0.5) is 0 Å². The molecule has 0 fully saturated rings. The van der Waals surface area contributed by atoms with E-state index in [0.717, 1.165) is 12.8 Å². The summed E-state index contributed by atoms with van der Waals surface area (Å²) in [5.74, 6) is 0. The van der Waals surface area contributed by atoms with Crippen LogP contribution >= 0.6 is 0 Å². The van der Waals surface area contributed by atoms with E-state index < -0.39 is 5.60 Å². The fourth-order valence-electron chi connectivity index (χ4n) is 1.33. The molecule has 0 aromatic heterocycles. The minimum atomic E-state index is -0.621. The van der Waals surface area contributed by atoms with Gasteiger partial charge in [-0.2, -0.15) is 0 Å². The molecule has 1 atom stereocenters. The van der Waals surface area contributed by atoms with Gasteiger partial charge in [-0.25, -0.2) is 0 Å². The molecule has 13 heavy (non-hydrogen) atoms. The zero-order valence-electron chi connectivity index (χ0n) is 9.31. The summed E-state index contributed by atoms with van der Waals surface area (Å²) in [5.41, 5.74) is -0.621. The van der Waals surface area contributed by atoms with Gasteiger partial charge in [0.2, 0.25) is 0 Å². The Hall–Kier alpha value is -0.0800. The van der Waals surface area contributed by atoms with Gasteiger partial charge in [-0.15, -0.1) is 0 Å². The quantitative estimate of drug-likeness (QED) is 0.593. The molecule has 0 saturated carbocycles. The predicted molar refractivity (Wildman–Crippen MR) is 55.9 cm³/mol. The van der Waals surface area contributed by atoms with Crippen molar-refractivity contribution in [3.05, 3.63) is 0 Å². The van der Waals surface area contributed by atoms with Gasteiger partial charge in [-0.05, 0) is 20.3 Å². The van der Waals surface area contributed by atoms with E-state index in [1.807, 2.05) is 13.8 Å². The number of hydrogen-bond donors (Lipinski definition) is 1. The van der Waals surface area contributed by atoms with Crippen LogP contribution in [0, 0.1) is 0 Å². The van der Waals surface area contributed by atoms with Gasteiger partial charge >= 0.3 is 0 Å². The van der Waals surface area contributed by atoms with E-state index in [9.17, 15) is 5.11 Å². The summed E-state index contributed by atoms with van der Waals surface area (Å²) < 4.78 is 5.21. The number of ether oxygens (including phenoxy) is 1. The molecule has 0 bridgehead atoms. The van der Waals surface area contributed by atoms with Gasteiger partial charge in [0.05, 0.1) is 12.2 Å². The van der Waals surface area contributed by atoms with E-state index in [-0.39, 0.29) is 0 Å². The second kappa shape index (κ2) is 7.34. The molecule has 2 heteroatoms. The molecule has 80 valence electrons. The molecule has 0 radical (unpaired) electrons. The first kappa shape index (κ1) is 12.9. The zero-order chi connectivity index (χ0) is 10.2. The molecule has 0 amide bonds. The van der Waals surface area contributed by atoms with Crippen molar-refractivity contribution in [2.45, 2.75) is 58.5 Å². The lowest BCUT2D eigenvalue weighted by molar-refractivity contribution is -0.0369. The average molecular weight is 188 g/mol. The van der Waals surface area contributed by atoms with Crippen molar-refractivity contribution < 1.29 is 9.84 Å². The van der Waals surface area contributed by atoms with Crippen LogP contribution < -0.4 is 0 Å². The molecule has 1 N–H and O–H groups in total. The van der Waals surface area contributed by atoms with Crippen LogP contribution in [0.15, 0.2) is 0 Å². The fourth-order valence-corrected chi connectivity index (χ4v) is 1.33. The SMILES string of the molecule is CCCCCCC(C)(O)COCC. The molecule has 0 aliphatic rings. The van der Waals surface area contributed by atoms with E-state index >= 15 is 0 Å². The largest absolute Gasteiger partial charge is 0.388 e. The molecule has 0 heterocycles. The van der Waals surface area contributed by atoms with Crippen molar-refractivity contribution in [1.82, 2.24) is 0 Å². The van der Waals surface area contributed by atoms with Crippen molar-refractivity contribution in [3.63, 3.8) is 0 Å². The molecule has 0 aromatic rings. The third kappa shape index (κ3) is 8.26. The van der Waals surface area contributed by atoms with Crippen LogP contribution in [-0.2, 0) is 4.74 Å². The maximum absolute atomic E-state index is 9.82. The molecule has 0 aromatic carbocycles. The van der Waals surface area contributed by atoms with Crippen molar-refractivity contribution in [1.29, 1.82) is 0 Å². The van der Waals surface area contributed by atoms with Crippen LogP contribution in [-0.4, -0.2) is 23.9 Å². The van der Waals surface area contributed by atoms with Crippen LogP contribution in [0.25, 0.3) is 0 Å². The highest BCUT2D eigenvalue weighted by molar-refractivity contribution is 4.71. The number of rotatable bonds is 8. The highest BCUT2D eigenvalue weighted by Crippen LogP contribution is 2.15. The third-order valence-corrected chi connectivity index (χ3v) is 2.19. The highest BCUT2D eigenvalue weighted by atomic mass is 16.5. The van der Waals surface area contributed by atoms with Gasteiger partial charge in [-0.1, -0.05) is 32.6 Å². The first-order chi connectivity index (χ1) is 6.12. The second-order valence-corrected chi connectivity index (χ2v) is 3.94. The topological polar surface area (TPSA) is 29.5 Å². The Labute approximate surface area is 82.3 Å². The molecule has 0 spiro atoms. The van der Waals surface area contributed by atoms with Gasteiger partial charge in [0.15, 0.2) is 0 Å². The predicted octanol–water partition coefficient (Wildman–Crippen LogP) is 2.74. The minimum Gasteiger partial charge on any atom is -0.388 e. The fraction of sp³-hybridized carbons (Fsp3) is 1.00. The van der Waals surface area contributed by atoms with E-state index in [1.165, 1.54) is 19.3 Å². The standard InChI is InChI=1S/C11H24O2/c1-4-6-7-8-9-11(3,12)10-13-5-2/h12H,4-10H2,1-3H3. The highest BCUT2D eigenvalue weighted by Gasteiger charge is 2.19. The molecule has 0 aliphatic carbocycles. The smallest absolute Gasteiger partial charge is 0.0852 e. The number of aliphatic hydroxyl groups is 1. The Morgan fingerprint density at radius 2 is 1.85 bits per heavy atom. The third-order valence-electron chi connectivity index (χ3n) is 2.19. The molecule has 0 saturated heterocycles. The Kier molecular flexibility index (Phi) is 7.29. The lowest BCUT2D eigenvalue weighted by Crippen LogP contribution is -2.30. The lowest BCUT2D eigenvalue weighted by atomic mass is 9.99. The summed E-state index contributed by atoms with van der Waals surface area (Å²) >= 11 is 0. The van der Waals surface area contributed by atoms with E-state index in [4.69, 9.17) is 4.74 Å². The van der Waals surface area contributed by atoms with Crippen LogP contribution in [0.5, 0.6) is 0 Å². The molecular formula is C11H24O2. The summed E-state index contributed by atoms with van der Waals surface area (Å²) in [6.45, 7) is 7.15. The van der Waals surface area contributed by atoms with E-state index in [0.29, 0.717) is 13.2 Å². The van der Waals surface area contributed by atoms with Crippen LogP contribution in [0.3, 0.4) is 0 Å². The Bertz CT molecular complexity index is 111. The van der Waals surface area contributed by atoms with Gasteiger partial charge in [-0.3, -0.25) is 0 Å². The summed E-state index contributed by atoms with van der Waals surface area (Å²) in [7, 11) is 0. The van der Waals surface area contributed by atoms with Gasteiger partial charge in [0.1, 0.15) is 0 Å². The second-order valence-electron chi connectivity index (χ2n) is 3.94. The Balaban J connectivity index is 3.39. The first-order valence-corrected chi connectivity index (χ1v) is 5.42. The van der Waals surface area contributed by atoms with Crippen LogP contribution in [0.1, 0.15) is 52.9 Å². The van der Waals surface area contributed by atoms with E-state index in [1.54, 1.807) is 0 Å². The molecule has 1 unspecified atom stereocenters. The average Bonchev–Trinajstić information content (AvgIpc) is 2.09. The summed E-state index contributed by atoms with van der Waals surface area (Å²) in [5, 5.41) is 9.82. The lowest BCUT2D eigenvalue weighted by Gasteiger charge is -2.22. The van der Waals surface area contributed by atoms with E-state index in [2.05, 4.69) is 6.92 Å². The maximum atomic E-state index is 9.82. The molecule has 2 nitrogen and oxygen atoms in total. The van der Waals surface area contributed by atoms with Crippen LogP contribution in [0.2, 0.25) is 0 Å². The minimum absolute atomic E-state index is 0.468.